The van der Waals surface area contributed by atoms with Gasteiger partial charge in [-0.05, 0) is 12.8 Å². The van der Waals surface area contributed by atoms with Crippen LogP contribution >= 0.6 is 0 Å². The summed E-state index contributed by atoms with van der Waals surface area (Å²) in [5, 5.41) is 54.1. The fourth-order valence-electron chi connectivity index (χ4n) is 6.98. The number of aliphatic hydroxyl groups excluding tert-OH is 5. The van der Waals surface area contributed by atoms with Gasteiger partial charge in [0.25, 0.3) is 0 Å². The van der Waals surface area contributed by atoms with E-state index in [-0.39, 0.29) is 12.5 Å². The van der Waals surface area contributed by atoms with Gasteiger partial charge in [-0.25, -0.2) is 0 Å². The molecule has 9 heteroatoms. The predicted molar refractivity (Wildman–Crippen MR) is 203 cm³/mol. The molecule has 0 bridgehead atoms. The van der Waals surface area contributed by atoms with Crippen molar-refractivity contribution in [1.82, 2.24) is 5.32 Å². The lowest BCUT2D eigenvalue weighted by Gasteiger charge is -2.40. The second kappa shape index (κ2) is 32.8. The largest absolute Gasteiger partial charge is 0.394 e. The van der Waals surface area contributed by atoms with Gasteiger partial charge in [0.05, 0.1) is 25.4 Å². The maximum atomic E-state index is 12.9. The monoisotopic (exact) mass is 716 g/mol. The van der Waals surface area contributed by atoms with Gasteiger partial charge in [0, 0.05) is 6.42 Å². The van der Waals surface area contributed by atoms with Crippen LogP contribution in [0, 0.1) is 0 Å². The zero-order chi connectivity index (χ0) is 36.7. The minimum absolute atomic E-state index is 0.133. The first-order valence-corrected chi connectivity index (χ1v) is 21.2. The van der Waals surface area contributed by atoms with Gasteiger partial charge >= 0.3 is 0 Å². The van der Waals surface area contributed by atoms with E-state index in [9.17, 15) is 30.3 Å². The molecule has 9 nitrogen and oxygen atoms in total. The Kier molecular flexibility index (Phi) is 31.0. The van der Waals surface area contributed by atoms with Crippen LogP contribution < -0.4 is 5.32 Å². The molecule has 0 saturated carbocycles. The number of carbonyl (C=O) groups excluding carboxylic acids is 1. The Morgan fingerprint density at radius 2 is 1.00 bits per heavy atom. The number of carbonyl (C=O) groups is 1. The number of nitrogens with one attached hydrogen (secondary N) is 1. The van der Waals surface area contributed by atoms with Gasteiger partial charge in [-0.2, -0.15) is 0 Å². The molecule has 1 rings (SSSR count). The Hall–Kier alpha value is -0.810. The number of ether oxygens (including phenoxy) is 2. The highest BCUT2D eigenvalue weighted by Gasteiger charge is 2.44. The molecule has 50 heavy (non-hydrogen) atoms. The number of unbranched alkanes of at least 4 members (excludes halogenated alkanes) is 25. The van der Waals surface area contributed by atoms with Gasteiger partial charge in [-0.1, -0.05) is 181 Å². The molecule has 1 amide bonds. The van der Waals surface area contributed by atoms with E-state index in [0.717, 1.165) is 38.5 Å². The molecule has 298 valence electrons. The van der Waals surface area contributed by atoms with E-state index in [2.05, 4.69) is 19.2 Å². The maximum absolute atomic E-state index is 12.9. The molecule has 2 unspecified atom stereocenters. The summed E-state index contributed by atoms with van der Waals surface area (Å²) in [6.07, 6.45) is 26.9. The summed E-state index contributed by atoms with van der Waals surface area (Å²) in [6.45, 7) is 3.81. The van der Waals surface area contributed by atoms with E-state index in [1.807, 2.05) is 0 Å². The van der Waals surface area contributed by atoms with Crippen LogP contribution in [-0.4, -0.2) is 87.5 Å². The molecule has 1 aliphatic heterocycles. The van der Waals surface area contributed by atoms with Crippen molar-refractivity contribution in [2.24, 2.45) is 0 Å². The molecule has 0 radical (unpaired) electrons. The van der Waals surface area contributed by atoms with Gasteiger partial charge in [0.1, 0.15) is 24.4 Å². The van der Waals surface area contributed by atoms with Gasteiger partial charge < -0.3 is 40.3 Å². The minimum Gasteiger partial charge on any atom is -0.394 e. The first kappa shape index (κ1) is 47.2. The molecule has 0 aromatic heterocycles. The Bertz CT molecular complexity index is 756. The quantitative estimate of drug-likeness (QED) is 0.0362. The van der Waals surface area contributed by atoms with Gasteiger partial charge in [0.15, 0.2) is 6.29 Å². The second-order valence-corrected chi connectivity index (χ2v) is 15.1. The molecule has 0 aromatic carbocycles. The summed E-state index contributed by atoms with van der Waals surface area (Å²) >= 11 is 0. The first-order valence-electron chi connectivity index (χ1n) is 21.2. The summed E-state index contributed by atoms with van der Waals surface area (Å²) < 4.78 is 11.2. The highest BCUT2D eigenvalue weighted by Crippen LogP contribution is 2.23. The van der Waals surface area contributed by atoms with E-state index < -0.39 is 49.5 Å². The van der Waals surface area contributed by atoms with E-state index in [1.165, 1.54) is 135 Å². The molecule has 7 atom stereocenters. The molecular weight excluding hydrogens is 634 g/mol. The van der Waals surface area contributed by atoms with Crippen molar-refractivity contribution in [3.8, 4) is 0 Å². The lowest BCUT2D eigenvalue weighted by molar-refractivity contribution is -0.302. The van der Waals surface area contributed by atoms with Crippen LogP contribution in [0.3, 0.4) is 0 Å². The van der Waals surface area contributed by atoms with E-state index in [0.29, 0.717) is 12.8 Å². The number of amides is 1. The molecule has 1 heterocycles. The summed E-state index contributed by atoms with van der Waals surface area (Å²) in [5.74, 6) is -0.143. The normalized spacial score (nSPS) is 22.1. The highest BCUT2D eigenvalue weighted by atomic mass is 16.7. The van der Waals surface area contributed by atoms with Crippen LogP contribution in [-0.2, 0) is 14.3 Å². The molecule has 6 N–H and O–H groups in total. The zero-order valence-corrected chi connectivity index (χ0v) is 32.4. The van der Waals surface area contributed by atoms with Crippen molar-refractivity contribution < 1.29 is 39.8 Å². The van der Waals surface area contributed by atoms with Crippen molar-refractivity contribution in [1.29, 1.82) is 0 Å². The predicted octanol–water partition coefficient (Wildman–Crippen LogP) is 8.00. The van der Waals surface area contributed by atoms with Gasteiger partial charge in [0.2, 0.25) is 5.91 Å². The number of aliphatic hydroxyl groups is 5. The molecule has 1 saturated heterocycles. The van der Waals surface area contributed by atoms with Gasteiger partial charge in [-0.15, -0.1) is 0 Å². The Balaban J connectivity index is 2.30. The first-order chi connectivity index (χ1) is 24.3. The molecule has 0 spiro atoms. The molecule has 0 aromatic rings. The van der Waals surface area contributed by atoms with Crippen LogP contribution in [0.4, 0.5) is 0 Å². The molecular formula is C41H81NO8. The molecule has 1 aliphatic rings. The molecule has 0 aliphatic carbocycles. The Morgan fingerprint density at radius 3 is 1.42 bits per heavy atom. The zero-order valence-electron chi connectivity index (χ0n) is 32.4. The van der Waals surface area contributed by atoms with Crippen LogP contribution in [0.1, 0.15) is 200 Å². The minimum atomic E-state index is -1.55. The Labute approximate surface area is 306 Å². The summed E-state index contributed by atoms with van der Waals surface area (Å²) in [6, 6.07) is -0.709. The third-order valence-corrected chi connectivity index (χ3v) is 10.5. The topological polar surface area (TPSA) is 149 Å². The maximum Gasteiger partial charge on any atom is 0.220 e. The SMILES string of the molecule is CCCCCCCCCCCCCCCCCCCCC(=O)N[C@@H](CO[C@H]1O[C@@H](CO)[C@H](O)C(O)C1O)[C@H](O)CCCCCCCCCCC. The van der Waals surface area contributed by atoms with Crippen molar-refractivity contribution in [2.75, 3.05) is 13.2 Å². The average Bonchev–Trinajstić information content (AvgIpc) is 3.11. The summed E-state index contributed by atoms with van der Waals surface area (Å²) in [5.41, 5.74) is 0. The van der Waals surface area contributed by atoms with Crippen LogP contribution in [0.25, 0.3) is 0 Å². The van der Waals surface area contributed by atoms with Crippen LogP contribution in [0.2, 0.25) is 0 Å². The lowest BCUT2D eigenvalue weighted by atomic mass is 9.99. The fourth-order valence-corrected chi connectivity index (χ4v) is 6.98. The lowest BCUT2D eigenvalue weighted by Crippen LogP contribution is -2.60. The van der Waals surface area contributed by atoms with Crippen molar-refractivity contribution in [2.45, 2.75) is 243 Å². The highest BCUT2D eigenvalue weighted by molar-refractivity contribution is 5.76. The van der Waals surface area contributed by atoms with Crippen molar-refractivity contribution in [3.63, 3.8) is 0 Å². The third-order valence-electron chi connectivity index (χ3n) is 10.5. The number of rotatable bonds is 35. The van der Waals surface area contributed by atoms with E-state index >= 15 is 0 Å². The van der Waals surface area contributed by atoms with Crippen molar-refractivity contribution >= 4 is 5.91 Å². The standard InChI is InChI=1S/C41H81NO8/c1-3-5-7-9-11-13-14-15-16-17-18-19-20-21-23-25-27-29-31-37(45)42-34(35(44)30-28-26-24-22-12-10-8-6-4-2)33-49-41-40(48)39(47)38(46)36(32-43)50-41/h34-36,38-41,43-44,46-48H,3-33H2,1-2H3,(H,42,45)/t34-,35+,36-,38-,39?,40?,41-/m0/s1. The summed E-state index contributed by atoms with van der Waals surface area (Å²) in [4.78, 5) is 12.9. The smallest absolute Gasteiger partial charge is 0.220 e. The molecule has 1 fully saturated rings. The third kappa shape index (κ3) is 23.7. The Morgan fingerprint density at radius 1 is 0.600 bits per heavy atom. The van der Waals surface area contributed by atoms with Crippen molar-refractivity contribution in [3.05, 3.63) is 0 Å². The van der Waals surface area contributed by atoms with E-state index in [1.54, 1.807) is 0 Å². The van der Waals surface area contributed by atoms with Crippen LogP contribution in [0.15, 0.2) is 0 Å². The fraction of sp³-hybridized carbons (Fsp3) is 0.976. The number of hydrogen-bond donors (Lipinski definition) is 6. The van der Waals surface area contributed by atoms with E-state index in [4.69, 9.17) is 9.47 Å². The average molecular weight is 716 g/mol. The second-order valence-electron chi connectivity index (χ2n) is 15.1. The number of hydrogen-bond acceptors (Lipinski definition) is 8. The van der Waals surface area contributed by atoms with Gasteiger partial charge in [-0.3, -0.25) is 4.79 Å². The summed E-state index contributed by atoms with van der Waals surface area (Å²) in [7, 11) is 0. The van der Waals surface area contributed by atoms with Crippen LogP contribution in [0.5, 0.6) is 0 Å².